The summed E-state index contributed by atoms with van der Waals surface area (Å²) in [6, 6.07) is 8.32. The molecule has 1 aliphatic carbocycles. The normalized spacial score (nSPS) is 26.1. The van der Waals surface area contributed by atoms with E-state index in [2.05, 4.69) is 26.0 Å². The van der Waals surface area contributed by atoms with Gasteiger partial charge in [-0.05, 0) is 48.6 Å². The summed E-state index contributed by atoms with van der Waals surface area (Å²) in [5, 5.41) is 0.951. The molecule has 2 atom stereocenters. The molecule has 0 amide bonds. The van der Waals surface area contributed by atoms with Crippen LogP contribution in [0.5, 0.6) is 0 Å². The first kappa shape index (κ1) is 11.0. The molecule has 82 valence electrons. The quantitative estimate of drug-likeness (QED) is 0.669. The van der Waals surface area contributed by atoms with Gasteiger partial charge in [0.15, 0.2) is 0 Å². The van der Waals surface area contributed by atoms with Crippen LogP contribution in [0.15, 0.2) is 24.3 Å². The first-order valence-corrected chi connectivity index (χ1v) is 6.30. The van der Waals surface area contributed by atoms with Gasteiger partial charge >= 0.3 is 0 Å². The first-order valence-electron chi connectivity index (χ1n) is 5.93. The Morgan fingerprint density at radius 3 is 2.53 bits per heavy atom. The van der Waals surface area contributed by atoms with E-state index in [1.54, 1.807) is 0 Å². The van der Waals surface area contributed by atoms with Crippen LogP contribution >= 0.6 is 11.6 Å². The van der Waals surface area contributed by atoms with Crippen LogP contribution < -0.4 is 0 Å². The standard InChI is InChI=1S/C14H19Cl/c1-10(2)11-7-8-12(9-11)13-5-3-4-6-14(13)15/h3-6,10-12H,7-9H2,1-2H3/t11-,12-/m1/s1. The topological polar surface area (TPSA) is 0 Å². The van der Waals surface area contributed by atoms with Crippen LogP contribution in [0, 0.1) is 11.8 Å². The van der Waals surface area contributed by atoms with E-state index in [9.17, 15) is 0 Å². The first-order chi connectivity index (χ1) is 7.18. The average molecular weight is 223 g/mol. The summed E-state index contributed by atoms with van der Waals surface area (Å²) in [6.45, 7) is 4.67. The minimum atomic E-state index is 0.700. The summed E-state index contributed by atoms with van der Waals surface area (Å²) in [7, 11) is 0. The second-order valence-electron chi connectivity index (χ2n) is 5.04. The maximum Gasteiger partial charge on any atom is 0.0440 e. The maximum atomic E-state index is 6.23. The fourth-order valence-corrected chi connectivity index (χ4v) is 3.00. The molecule has 0 spiro atoms. The fraction of sp³-hybridized carbons (Fsp3) is 0.571. The highest BCUT2D eigenvalue weighted by Gasteiger charge is 2.28. The summed E-state index contributed by atoms with van der Waals surface area (Å²) in [5.41, 5.74) is 1.36. The number of halogens is 1. The molecule has 1 fully saturated rings. The summed E-state index contributed by atoms with van der Waals surface area (Å²) in [4.78, 5) is 0. The Morgan fingerprint density at radius 2 is 1.93 bits per heavy atom. The van der Waals surface area contributed by atoms with E-state index in [0.717, 1.165) is 16.9 Å². The number of hydrogen-bond donors (Lipinski definition) is 0. The van der Waals surface area contributed by atoms with Crippen molar-refractivity contribution in [2.75, 3.05) is 0 Å². The fourth-order valence-electron chi connectivity index (χ4n) is 2.71. The van der Waals surface area contributed by atoms with E-state index < -0.39 is 0 Å². The molecule has 1 aromatic rings. The number of rotatable bonds is 2. The van der Waals surface area contributed by atoms with Gasteiger partial charge in [0.25, 0.3) is 0 Å². The van der Waals surface area contributed by atoms with E-state index in [0.29, 0.717) is 5.92 Å². The Labute approximate surface area is 97.6 Å². The van der Waals surface area contributed by atoms with Crippen LogP contribution in [-0.2, 0) is 0 Å². The van der Waals surface area contributed by atoms with Crippen molar-refractivity contribution in [1.29, 1.82) is 0 Å². The van der Waals surface area contributed by atoms with Gasteiger partial charge in [-0.1, -0.05) is 43.6 Å². The Hall–Kier alpha value is -0.490. The van der Waals surface area contributed by atoms with Gasteiger partial charge in [-0.2, -0.15) is 0 Å². The van der Waals surface area contributed by atoms with Crippen molar-refractivity contribution >= 4 is 11.6 Å². The lowest BCUT2D eigenvalue weighted by molar-refractivity contribution is 0.391. The molecule has 0 bridgehead atoms. The van der Waals surface area contributed by atoms with Crippen molar-refractivity contribution in [2.24, 2.45) is 11.8 Å². The van der Waals surface area contributed by atoms with E-state index in [-0.39, 0.29) is 0 Å². The van der Waals surface area contributed by atoms with Crippen LogP contribution in [0.4, 0.5) is 0 Å². The van der Waals surface area contributed by atoms with Crippen LogP contribution in [0.25, 0.3) is 0 Å². The summed E-state index contributed by atoms with van der Waals surface area (Å²) in [5.74, 6) is 2.41. The molecule has 15 heavy (non-hydrogen) atoms. The average Bonchev–Trinajstić information content (AvgIpc) is 2.67. The molecule has 1 saturated carbocycles. The Balaban J connectivity index is 2.11. The maximum absolute atomic E-state index is 6.23. The summed E-state index contributed by atoms with van der Waals surface area (Å²) >= 11 is 6.23. The van der Waals surface area contributed by atoms with E-state index in [1.165, 1.54) is 24.8 Å². The van der Waals surface area contributed by atoms with E-state index in [1.807, 2.05) is 12.1 Å². The summed E-state index contributed by atoms with van der Waals surface area (Å²) < 4.78 is 0. The van der Waals surface area contributed by atoms with E-state index >= 15 is 0 Å². The molecule has 0 unspecified atom stereocenters. The molecule has 0 radical (unpaired) electrons. The second-order valence-corrected chi connectivity index (χ2v) is 5.44. The Bertz CT molecular complexity index is 330. The molecule has 1 heteroatoms. The zero-order valence-electron chi connectivity index (χ0n) is 9.54. The van der Waals surface area contributed by atoms with Gasteiger partial charge in [-0.3, -0.25) is 0 Å². The van der Waals surface area contributed by atoms with Crippen molar-refractivity contribution in [3.8, 4) is 0 Å². The van der Waals surface area contributed by atoms with Gasteiger partial charge < -0.3 is 0 Å². The SMILES string of the molecule is CC(C)[C@@H]1CC[C@@H](c2ccccc2Cl)C1. The van der Waals surface area contributed by atoms with Gasteiger partial charge in [-0.15, -0.1) is 0 Å². The zero-order chi connectivity index (χ0) is 10.8. The largest absolute Gasteiger partial charge is 0.0840 e. The van der Waals surface area contributed by atoms with Crippen LogP contribution in [-0.4, -0.2) is 0 Å². The molecular weight excluding hydrogens is 204 g/mol. The second kappa shape index (κ2) is 4.57. The highest BCUT2D eigenvalue weighted by atomic mass is 35.5. The lowest BCUT2D eigenvalue weighted by Gasteiger charge is -2.15. The smallest absolute Gasteiger partial charge is 0.0440 e. The Kier molecular flexibility index (Phi) is 3.35. The molecule has 0 heterocycles. The van der Waals surface area contributed by atoms with Crippen LogP contribution in [0.3, 0.4) is 0 Å². The van der Waals surface area contributed by atoms with Crippen LogP contribution in [0.1, 0.15) is 44.6 Å². The number of benzene rings is 1. The van der Waals surface area contributed by atoms with Gasteiger partial charge in [0.05, 0.1) is 0 Å². The third kappa shape index (κ3) is 2.36. The van der Waals surface area contributed by atoms with Crippen molar-refractivity contribution in [3.05, 3.63) is 34.9 Å². The third-order valence-corrected chi connectivity index (χ3v) is 4.11. The van der Waals surface area contributed by atoms with Gasteiger partial charge in [0, 0.05) is 5.02 Å². The molecular formula is C14H19Cl. The summed E-state index contributed by atoms with van der Waals surface area (Å²) in [6.07, 6.45) is 4.00. The molecule has 0 nitrogen and oxygen atoms in total. The Morgan fingerprint density at radius 1 is 1.20 bits per heavy atom. The predicted molar refractivity (Wildman–Crippen MR) is 66.4 cm³/mol. The molecule has 1 aromatic carbocycles. The van der Waals surface area contributed by atoms with Gasteiger partial charge in [0.1, 0.15) is 0 Å². The number of hydrogen-bond acceptors (Lipinski definition) is 0. The molecule has 0 aromatic heterocycles. The van der Waals surface area contributed by atoms with Crippen molar-refractivity contribution < 1.29 is 0 Å². The third-order valence-electron chi connectivity index (χ3n) is 3.76. The van der Waals surface area contributed by atoms with Gasteiger partial charge in [0.2, 0.25) is 0 Å². The molecule has 0 saturated heterocycles. The molecule has 1 aliphatic rings. The highest BCUT2D eigenvalue weighted by molar-refractivity contribution is 6.31. The van der Waals surface area contributed by atoms with Crippen molar-refractivity contribution in [2.45, 2.75) is 39.0 Å². The van der Waals surface area contributed by atoms with Crippen molar-refractivity contribution in [1.82, 2.24) is 0 Å². The predicted octanol–water partition coefficient (Wildman–Crippen LogP) is 4.88. The molecule has 0 N–H and O–H groups in total. The van der Waals surface area contributed by atoms with Crippen molar-refractivity contribution in [3.63, 3.8) is 0 Å². The van der Waals surface area contributed by atoms with Gasteiger partial charge in [-0.25, -0.2) is 0 Å². The minimum absolute atomic E-state index is 0.700. The highest BCUT2D eigenvalue weighted by Crippen LogP contribution is 2.43. The van der Waals surface area contributed by atoms with Crippen LogP contribution in [0.2, 0.25) is 5.02 Å². The zero-order valence-corrected chi connectivity index (χ0v) is 10.3. The molecule has 0 aliphatic heterocycles. The van der Waals surface area contributed by atoms with E-state index in [4.69, 9.17) is 11.6 Å². The lowest BCUT2D eigenvalue weighted by atomic mass is 9.91. The minimum Gasteiger partial charge on any atom is -0.0840 e. The monoisotopic (exact) mass is 222 g/mol. The molecule has 2 rings (SSSR count). The lowest BCUT2D eigenvalue weighted by Crippen LogP contribution is -2.03.